The Labute approximate surface area is 104 Å². The van der Waals surface area contributed by atoms with Gasteiger partial charge in [0.05, 0.1) is 6.07 Å². The zero-order valence-electron chi connectivity index (χ0n) is 10.9. The maximum absolute atomic E-state index is 9.08. The molecule has 2 nitrogen and oxygen atoms in total. The fraction of sp³-hybridized carbons (Fsp3) is 0.800. The van der Waals surface area contributed by atoms with Crippen molar-refractivity contribution in [3.63, 3.8) is 0 Å². The summed E-state index contributed by atoms with van der Waals surface area (Å²) in [4.78, 5) is 0. The van der Waals surface area contributed by atoms with Crippen LogP contribution < -0.4 is 5.73 Å². The van der Waals surface area contributed by atoms with E-state index in [9.17, 15) is 0 Å². The molecule has 0 aromatic rings. The fourth-order valence-corrected chi connectivity index (χ4v) is 5.49. The molecule has 0 aliphatic heterocycles. The van der Waals surface area contributed by atoms with Gasteiger partial charge in [0.2, 0.25) is 0 Å². The number of nitriles is 1. The number of nitrogens with two attached hydrogens (primary N) is 1. The molecule has 4 aliphatic carbocycles. The number of rotatable bonds is 1. The number of allylic oxidation sites excluding steroid dienone is 2. The van der Waals surface area contributed by atoms with Gasteiger partial charge < -0.3 is 5.73 Å². The molecule has 2 heteroatoms. The van der Waals surface area contributed by atoms with Crippen LogP contribution in [0.15, 0.2) is 11.3 Å². The van der Waals surface area contributed by atoms with Gasteiger partial charge in [-0.1, -0.05) is 6.92 Å². The second-order valence-electron chi connectivity index (χ2n) is 7.20. The lowest BCUT2D eigenvalue weighted by atomic mass is 9.44. The molecule has 0 aromatic carbocycles. The Balaban J connectivity index is 2.02. The van der Waals surface area contributed by atoms with Crippen molar-refractivity contribution in [2.75, 3.05) is 0 Å². The molecule has 0 heterocycles. The van der Waals surface area contributed by atoms with E-state index < -0.39 is 0 Å². The Morgan fingerprint density at radius 3 is 2.29 bits per heavy atom. The van der Waals surface area contributed by atoms with Gasteiger partial charge in [0.15, 0.2) is 0 Å². The molecule has 2 N–H and O–H groups in total. The third-order valence-corrected chi connectivity index (χ3v) is 5.50. The average molecular weight is 230 g/mol. The average Bonchev–Trinajstić information content (AvgIpc) is 2.23. The van der Waals surface area contributed by atoms with Crippen LogP contribution in [0.3, 0.4) is 0 Å². The molecule has 0 aromatic heterocycles. The van der Waals surface area contributed by atoms with Gasteiger partial charge in [-0.05, 0) is 62.7 Å². The van der Waals surface area contributed by atoms with Gasteiger partial charge in [-0.25, -0.2) is 0 Å². The van der Waals surface area contributed by atoms with E-state index in [0.717, 1.165) is 23.1 Å². The van der Waals surface area contributed by atoms with Crippen LogP contribution in [0.2, 0.25) is 0 Å². The van der Waals surface area contributed by atoms with Gasteiger partial charge in [0, 0.05) is 16.7 Å². The predicted octanol–water partition coefficient (Wildman–Crippen LogP) is 3.35. The zero-order valence-corrected chi connectivity index (χ0v) is 10.9. The standard InChI is InChI=1S/C15H22N2/c1-10(8-16)13(17)15-6-11-3-12(7-15)5-14(2,4-11)9-15/h11-12H,3-7,9,17H2,1-2H3. The van der Waals surface area contributed by atoms with E-state index in [0.29, 0.717) is 5.41 Å². The van der Waals surface area contributed by atoms with Crippen molar-refractivity contribution in [3.05, 3.63) is 11.3 Å². The summed E-state index contributed by atoms with van der Waals surface area (Å²) in [5.41, 5.74) is 8.70. The van der Waals surface area contributed by atoms with E-state index in [2.05, 4.69) is 13.0 Å². The van der Waals surface area contributed by atoms with Crippen molar-refractivity contribution in [2.45, 2.75) is 52.4 Å². The Morgan fingerprint density at radius 1 is 1.24 bits per heavy atom. The molecule has 4 fully saturated rings. The van der Waals surface area contributed by atoms with Gasteiger partial charge in [-0.15, -0.1) is 0 Å². The van der Waals surface area contributed by atoms with Gasteiger partial charge >= 0.3 is 0 Å². The molecular weight excluding hydrogens is 208 g/mol. The normalized spacial score (nSPS) is 48.8. The Hall–Kier alpha value is -0.970. The molecule has 92 valence electrons. The minimum absolute atomic E-state index is 0.179. The maximum Gasteiger partial charge on any atom is 0.0962 e. The van der Waals surface area contributed by atoms with E-state index in [1.54, 1.807) is 0 Å². The third kappa shape index (κ3) is 1.52. The lowest BCUT2D eigenvalue weighted by Crippen LogP contribution is -2.52. The SMILES string of the molecule is CC(C#N)=C(N)C12CC3CC(CC(C)(C3)C1)C2. The fourth-order valence-electron chi connectivity index (χ4n) is 5.49. The van der Waals surface area contributed by atoms with Crippen molar-refractivity contribution in [3.8, 4) is 6.07 Å². The second kappa shape index (κ2) is 3.28. The summed E-state index contributed by atoms with van der Waals surface area (Å²) in [5, 5.41) is 9.08. The van der Waals surface area contributed by atoms with Crippen molar-refractivity contribution in [2.24, 2.45) is 28.4 Å². The molecule has 17 heavy (non-hydrogen) atoms. The van der Waals surface area contributed by atoms with Crippen LogP contribution in [0.1, 0.15) is 52.4 Å². The maximum atomic E-state index is 9.08. The molecule has 4 rings (SSSR count). The molecule has 4 bridgehead atoms. The van der Waals surface area contributed by atoms with Crippen molar-refractivity contribution >= 4 is 0 Å². The molecule has 0 saturated heterocycles. The smallest absolute Gasteiger partial charge is 0.0962 e. The lowest BCUT2D eigenvalue weighted by Gasteiger charge is -2.61. The Morgan fingerprint density at radius 2 is 1.82 bits per heavy atom. The molecule has 0 amide bonds. The number of hydrogen-bond acceptors (Lipinski definition) is 2. The van der Waals surface area contributed by atoms with Crippen molar-refractivity contribution < 1.29 is 0 Å². The van der Waals surface area contributed by atoms with Crippen LogP contribution in [-0.2, 0) is 0 Å². The Kier molecular flexibility index (Phi) is 2.15. The van der Waals surface area contributed by atoms with Crippen LogP contribution in [0.4, 0.5) is 0 Å². The molecule has 0 radical (unpaired) electrons. The highest BCUT2D eigenvalue weighted by Gasteiger charge is 2.56. The third-order valence-electron chi connectivity index (χ3n) is 5.50. The molecule has 2 atom stereocenters. The first-order valence-corrected chi connectivity index (χ1v) is 6.83. The number of nitrogens with zero attached hydrogens (tertiary/aromatic N) is 1. The van der Waals surface area contributed by atoms with E-state index in [4.69, 9.17) is 11.0 Å². The van der Waals surface area contributed by atoms with Gasteiger partial charge in [-0.3, -0.25) is 0 Å². The van der Waals surface area contributed by atoms with Crippen LogP contribution in [0.5, 0.6) is 0 Å². The first-order valence-electron chi connectivity index (χ1n) is 6.83. The summed E-state index contributed by atoms with van der Waals surface area (Å²) < 4.78 is 0. The summed E-state index contributed by atoms with van der Waals surface area (Å²) in [7, 11) is 0. The highest BCUT2D eigenvalue weighted by molar-refractivity contribution is 5.31. The molecule has 4 saturated carbocycles. The first kappa shape index (κ1) is 11.1. The number of hydrogen-bond donors (Lipinski definition) is 1. The lowest BCUT2D eigenvalue weighted by molar-refractivity contribution is -0.0839. The van der Waals surface area contributed by atoms with Crippen LogP contribution in [-0.4, -0.2) is 0 Å². The van der Waals surface area contributed by atoms with E-state index in [1.807, 2.05) is 6.92 Å². The van der Waals surface area contributed by atoms with E-state index in [-0.39, 0.29) is 5.41 Å². The van der Waals surface area contributed by atoms with Crippen LogP contribution in [0, 0.1) is 34.0 Å². The van der Waals surface area contributed by atoms with Crippen molar-refractivity contribution in [1.82, 2.24) is 0 Å². The van der Waals surface area contributed by atoms with E-state index in [1.165, 1.54) is 38.5 Å². The molecule has 0 spiro atoms. The minimum Gasteiger partial charge on any atom is -0.401 e. The monoisotopic (exact) mass is 230 g/mol. The topological polar surface area (TPSA) is 49.8 Å². The van der Waals surface area contributed by atoms with Gasteiger partial charge in [0.1, 0.15) is 0 Å². The summed E-state index contributed by atoms with van der Waals surface area (Å²) in [6, 6.07) is 2.26. The summed E-state index contributed by atoms with van der Waals surface area (Å²) in [6.07, 6.45) is 7.90. The second-order valence-corrected chi connectivity index (χ2v) is 7.20. The highest BCUT2D eigenvalue weighted by Crippen LogP contribution is 2.66. The Bertz CT molecular complexity index is 413. The molecule has 4 aliphatic rings. The first-order chi connectivity index (χ1) is 7.96. The molecule has 2 unspecified atom stereocenters. The summed E-state index contributed by atoms with van der Waals surface area (Å²) in [5.74, 6) is 1.73. The quantitative estimate of drug-likeness (QED) is 0.702. The molecular formula is C15H22N2. The minimum atomic E-state index is 0.179. The van der Waals surface area contributed by atoms with Gasteiger partial charge in [-0.2, -0.15) is 5.26 Å². The summed E-state index contributed by atoms with van der Waals surface area (Å²) in [6.45, 7) is 4.32. The van der Waals surface area contributed by atoms with Crippen LogP contribution in [0.25, 0.3) is 0 Å². The summed E-state index contributed by atoms with van der Waals surface area (Å²) >= 11 is 0. The zero-order chi connectivity index (χ0) is 12.3. The van der Waals surface area contributed by atoms with E-state index >= 15 is 0 Å². The van der Waals surface area contributed by atoms with Crippen molar-refractivity contribution in [1.29, 1.82) is 5.26 Å². The predicted molar refractivity (Wildman–Crippen MR) is 67.7 cm³/mol. The largest absolute Gasteiger partial charge is 0.401 e. The van der Waals surface area contributed by atoms with Gasteiger partial charge in [0.25, 0.3) is 0 Å². The van der Waals surface area contributed by atoms with Crippen LogP contribution >= 0.6 is 0 Å². The highest BCUT2D eigenvalue weighted by atomic mass is 14.7.